The number of benzene rings is 1. The Balaban J connectivity index is 1.80. The fraction of sp³-hybridized carbons (Fsp3) is 0.500. The van der Waals surface area contributed by atoms with Crippen molar-refractivity contribution >= 4 is 23.5 Å². The molecule has 0 saturated carbocycles. The maximum absolute atomic E-state index is 12.0. The van der Waals surface area contributed by atoms with Gasteiger partial charge in [0, 0.05) is 17.1 Å². The normalized spacial score (nSPS) is 16.1. The lowest BCUT2D eigenvalue weighted by molar-refractivity contribution is -0.143. The van der Waals surface area contributed by atoms with Gasteiger partial charge < -0.3 is 15.2 Å². The Morgan fingerprint density at radius 1 is 1.39 bits per heavy atom. The Morgan fingerprint density at radius 2 is 2.09 bits per heavy atom. The van der Waals surface area contributed by atoms with Crippen molar-refractivity contribution in [3.05, 3.63) is 28.8 Å². The molecule has 1 saturated heterocycles. The zero-order valence-corrected chi connectivity index (χ0v) is 13.8. The maximum Gasteiger partial charge on any atom is 0.306 e. The smallest absolute Gasteiger partial charge is 0.306 e. The fourth-order valence-corrected chi connectivity index (χ4v) is 2.87. The minimum absolute atomic E-state index is 0.0965. The first-order valence-electron chi connectivity index (χ1n) is 7.54. The molecule has 0 atom stereocenters. The number of rotatable bonds is 6. The molecule has 2 rings (SSSR count). The molecule has 0 spiro atoms. The van der Waals surface area contributed by atoms with Crippen LogP contribution in [0.1, 0.15) is 18.4 Å². The first-order valence-corrected chi connectivity index (χ1v) is 7.91. The molecule has 23 heavy (non-hydrogen) atoms. The van der Waals surface area contributed by atoms with Crippen molar-refractivity contribution in [3.63, 3.8) is 0 Å². The van der Waals surface area contributed by atoms with Crippen LogP contribution >= 0.6 is 11.6 Å². The van der Waals surface area contributed by atoms with Gasteiger partial charge in [-0.05, 0) is 44.1 Å². The molecule has 0 aromatic heterocycles. The zero-order chi connectivity index (χ0) is 16.8. The van der Waals surface area contributed by atoms with Gasteiger partial charge in [0.05, 0.1) is 19.6 Å². The van der Waals surface area contributed by atoms with Gasteiger partial charge in [-0.1, -0.05) is 11.6 Å². The molecular weight excluding hydrogens is 320 g/mol. The van der Waals surface area contributed by atoms with Crippen molar-refractivity contribution in [1.82, 2.24) is 10.2 Å². The number of ether oxygens (including phenoxy) is 1. The molecule has 126 valence electrons. The molecule has 2 N–H and O–H groups in total. The largest absolute Gasteiger partial charge is 0.496 e. The highest BCUT2D eigenvalue weighted by molar-refractivity contribution is 6.30. The number of carboxylic acid groups (broad SMARTS) is 1. The standard InChI is InChI=1S/C16H21ClN2O4/c1-23-14-3-2-13(17)8-12(14)9-18-15(20)10-19-6-4-11(5-7-19)16(21)22/h2-3,8,11H,4-7,9-10H2,1H3,(H,18,20)(H,21,22). The topological polar surface area (TPSA) is 78.9 Å². The lowest BCUT2D eigenvalue weighted by atomic mass is 9.97. The van der Waals surface area contributed by atoms with Crippen molar-refractivity contribution in [2.24, 2.45) is 5.92 Å². The van der Waals surface area contributed by atoms with Crippen molar-refractivity contribution in [3.8, 4) is 5.75 Å². The van der Waals surface area contributed by atoms with E-state index in [-0.39, 0.29) is 18.4 Å². The molecule has 1 amide bonds. The Morgan fingerprint density at radius 3 is 2.70 bits per heavy atom. The molecule has 1 aliphatic rings. The summed E-state index contributed by atoms with van der Waals surface area (Å²) >= 11 is 5.96. The molecule has 6 nitrogen and oxygen atoms in total. The van der Waals surface area contributed by atoms with E-state index in [0.29, 0.717) is 43.2 Å². The molecule has 1 aromatic carbocycles. The van der Waals surface area contributed by atoms with Crippen LogP contribution in [-0.2, 0) is 16.1 Å². The third kappa shape index (κ3) is 5.11. The van der Waals surface area contributed by atoms with Gasteiger partial charge in [-0.15, -0.1) is 0 Å². The van der Waals surface area contributed by atoms with Crippen molar-refractivity contribution in [2.45, 2.75) is 19.4 Å². The van der Waals surface area contributed by atoms with E-state index in [4.69, 9.17) is 21.4 Å². The van der Waals surface area contributed by atoms with Crippen LogP contribution in [0.4, 0.5) is 0 Å². The highest BCUT2D eigenvalue weighted by atomic mass is 35.5. The summed E-state index contributed by atoms with van der Waals surface area (Å²) in [5, 5.41) is 12.4. The number of amides is 1. The summed E-state index contributed by atoms with van der Waals surface area (Å²) in [6.07, 6.45) is 1.18. The van der Waals surface area contributed by atoms with Crippen molar-refractivity contribution < 1.29 is 19.4 Å². The second-order valence-electron chi connectivity index (χ2n) is 5.62. The number of carbonyl (C=O) groups is 2. The number of halogens is 1. The van der Waals surface area contributed by atoms with Crippen molar-refractivity contribution in [2.75, 3.05) is 26.7 Å². The fourth-order valence-electron chi connectivity index (χ4n) is 2.68. The minimum Gasteiger partial charge on any atom is -0.496 e. The van der Waals surface area contributed by atoms with Gasteiger partial charge >= 0.3 is 5.97 Å². The van der Waals surface area contributed by atoms with Gasteiger partial charge in [-0.25, -0.2) is 0 Å². The monoisotopic (exact) mass is 340 g/mol. The van der Waals surface area contributed by atoms with Crippen LogP contribution in [0, 0.1) is 5.92 Å². The number of aliphatic carboxylic acids is 1. The number of carboxylic acids is 1. The van der Waals surface area contributed by atoms with Crippen LogP contribution < -0.4 is 10.1 Å². The van der Waals surface area contributed by atoms with Gasteiger partial charge in [0.1, 0.15) is 5.75 Å². The van der Waals surface area contributed by atoms with Crippen LogP contribution in [0.3, 0.4) is 0 Å². The first kappa shape index (κ1) is 17.6. The first-order chi connectivity index (χ1) is 11.0. The molecule has 1 fully saturated rings. The van der Waals surface area contributed by atoms with Gasteiger partial charge in [-0.2, -0.15) is 0 Å². The van der Waals surface area contributed by atoms with E-state index in [1.165, 1.54) is 0 Å². The molecule has 0 radical (unpaired) electrons. The summed E-state index contributed by atoms with van der Waals surface area (Å²) < 4.78 is 5.24. The molecule has 0 unspecified atom stereocenters. The molecule has 0 aliphatic carbocycles. The van der Waals surface area contributed by atoms with Crippen LogP contribution in [0.25, 0.3) is 0 Å². The number of hydrogen-bond acceptors (Lipinski definition) is 4. The molecule has 0 bridgehead atoms. The number of methoxy groups -OCH3 is 1. The number of piperidine rings is 1. The molecule has 1 aliphatic heterocycles. The predicted molar refractivity (Wildman–Crippen MR) is 86.7 cm³/mol. The average molecular weight is 341 g/mol. The Kier molecular flexibility index (Phi) is 6.24. The van der Waals surface area contributed by atoms with Crippen molar-refractivity contribution in [1.29, 1.82) is 0 Å². The zero-order valence-electron chi connectivity index (χ0n) is 13.0. The molecular formula is C16H21ClN2O4. The van der Waals surface area contributed by atoms with Gasteiger partial charge in [0.25, 0.3) is 0 Å². The van der Waals surface area contributed by atoms with Crippen LogP contribution in [0.2, 0.25) is 5.02 Å². The SMILES string of the molecule is COc1ccc(Cl)cc1CNC(=O)CN1CCC(C(=O)O)CC1. The quantitative estimate of drug-likeness (QED) is 0.825. The van der Waals surface area contributed by atoms with E-state index in [1.807, 2.05) is 4.90 Å². The highest BCUT2D eigenvalue weighted by Crippen LogP contribution is 2.22. The van der Waals surface area contributed by atoms with E-state index >= 15 is 0 Å². The predicted octanol–water partition coefficient (Wildman–Crippen LogP) is 1.76. The summed E-state index contributed by atoms with van der Waals surface area (Å²) in [5.41, 5.74) is 0.818. The van der Waals surface area contributed by atoms with E-state index in [2.05, 4.69) is 5.32 Å². The Hall–Kier alpha value is -1.79. The van der Waals surface area contributed by atoms with E-state index in [1.54, 1.807) is 25.3 Å². The number of likely N-dealkylation sites (tertiary alicyclic amines) is 1. The second kappa shape index (κ2) is 8.17. The number of nitrogens with zero attached hydrogens (tertiary/aromatic N) is 1. The highest BCUT2D eigenvalue weighted by Gasteiger charge is 2.25. The maximum atomic E-state index is 12.0. The van der Waals surface area contributed by atoms with Gasteiger partial charge in [0.2, 0.25) is 5.91 Å². The van der Waals surface area contributed by atoms with E-state index in [9.17, 15) is 9.59 Å². The minimum atomic E-state index is -0.748. The van der Waals surface area contributed by atoms with Crippen LogP contribution in [-0.4, -0.2) is 48.6 Å². The van der Waals surface area contributed by atoms with Crippen LogP contribution in [0.15, 0.2) is 18.2 Å². The third-order valence-corrected chi connectivity index (χ3v) is 4.26. The third-order valence-electron chi connectivity index (χ3n) is 4.02. The summed E-state index contributed by atoms with van der Waals surface area (Å²) in [7, 11) is 1.57. The van der Waals surface area contributed by atoms with Crippen LogP contribution in [0.5, 0.6) is 5.75 Å². The van der Waals surface area contributed by atoms with E-state index < -0.39 is 5.97 Å². The summed E-state index contributed by atoms with van der Waals surface area (Å²) in [4.78, 5) is 24.9. The Bertz CT molecular complexity index is 571. The lowest BCUT2D eigenvalue weighted by Gasteiger charge is -2.29. The Labute approximate surface area is 140 Å². The number of carbonyl (C=O) groups excluding carboxylic acids is 1. The number of hydrogen-bond donors (Lipinski definition) is 2. The average Bonchev–Trinajstić information content (AvgIpc) is 2.53. The van der Waals surface area contributed by atoms with Gasteiger partial charge in [0.15, 0.2) is 0 Å². The number of nitrogens with one attached hydrogen (secondary N) is 1. The molecule has 1 heterocycles. The molecule has 7 heteroatoms. The second-order valence-corrected chi connectivity index (χ2v) is 6.06. The lowest BCUT2D eigenvalue weighted by Crippen LogP contribution is -2.42. The molecule has 1 aromatic rings. The van der Waals surface area contributed by atoms with Gasteiger partial charge in [-0.3, -0.25) is 14.5 Å². The summed E-state index contributed by atoms with van der Waals surface area (Å²) in [6.45, 7) is 1.87. The summed E-state index contributed by atoms with van der Waals surface area (Å²) in [6, 6.07) is 5.26. The van der Waals surface area contributed by atoms with E-state index in [0.717, 1.165) is 5.56 Å². The summed E-state index contributed by atoms with van der Waals surface area (Å²) in [5.74, 6) is -0.454.